The van der Waals surface area contributed by atoms with Crippen molar-refractivity contribution in [1.29, 1.82) is 0 Å². The van der Waals surface area contributed by atoms with Gasteiger partial charge in [-0.05, 0) is 54.8 Å². The summed E-state index contributed by atoms with van der Waals surface area (Å²) < 4.78 is 6.84. The third kappa shape index (κ3) is 2.88. The van der Waals surface area contributed by atoms with E-state index in [4.69, 9.17) is 10.5 Å². The highest BCUT2D eigenvalue weighted by molar-refractivity contribution is 8.01. The number of nitrogens with zero attached hydrogens (tertiary/aromatic N) is 5. The van der Waals surface area contributed by atoms with E-state index < -0.39 is 6.03 Å². The van der Waals surface area contributed by atoms with Gasteiger partial charge in [0.15, 0.2) is 5.65 Å². The van der Waals surface area contributed by atoms with Gasteiger partial charge >= 0.3 is 6.03 Å². The van der Waals surface area contributed by atoms with Crippen molar-refractivity contribution in [3.8, 4) is 5.88 Å². The molecule has 0 saturated heterocycles. The lowest BCUT2D eigenvalue weighted by molar-refractivity contribution is 0.253. The fourth-order valence-electron chi connectivity index (χ4n) is 3.13. The quantitative estimate of drug-likeness (QED) is 0.719. The molecule has 2 aromatic heterocycles. The van der Waals surface area contributed by atoms with Crippen molar-refractivity contribution < 1.29 is 9.53 Å². The molecule has 27 heavy (non-hydrogen) atoms. The van der Waals surface area contributed by atoms with Crippen LogP contribution in [0.4, 0.5) is 10.5 Å². The van der Waals surface area contributed by atoms with Gasteiger partial charge in [0.2, 0.25) is 11.0 Å². The molecule has 3 heterocycles. The minimum absolute atomic E-state index is 0.109. The Morgan fingerprint density at radius 2 is 2.15 bits per heavy atom. The summed E-state index contributed by atoms with van der Waals surface area (Å²) in [4.78, 5) is 15.7. The predicted molar refractivity (Wildman–Crippen MR) is 102 cm³/mol. The molecule has 1 saturated carbocycles. The zero-order valence-corrected chi connectivity index (χ0v) is 16.0. The van der Waals surface area contributed by atoms with E-state index in [-0.39, 0.29) is 5.37 Å². The van der Waals surface area contributed by atoms with Crippen LogP contribution in [0.15, 0.2) is 45.3 Å². The number of amides is 2. The van der Waals surface area contributed by atoms with Crippen LogP contribution in [0.1, 0.15) is 12.8 Å². The summed E-state index contributed by atoms with van der Waals surface area (Å²) in [6, 6.07) is 9.17. The zero-order chi connectivity index (χ0) is 18.5. The fourth-order valence-corrected chi connectivity index (χ4v) is 5.56. The summed E-state index contributed by atoms with van der Waals surface area (Å²) in [7, 11) is 1.57. The van der Waals surface area contributed by atoms with E-state index in [2.05, 4.69) is 21.4 Å². The van der Waals surface area contributed by atoms with Crippen LogP contribution in [0.2, 0.25) is 0 Å². The van der Waals surface area contributed by atoms with Gasteiger partial charge in [-0.2, -0.15) is 4.52 Å². The number of carbonyl (C=O) groups is 1. The second kappa shape index (κ2) is 6.31. The topological polar surface area (TPSA) is 98.6 Å². The lowest BCUT2D eigenvalue weighted by Gasteiger charge is -2.22. The minimum Gasteiger partial charge on any atom is -0.480 e. The molecule has 8 nitrogen and oxygen atoms in total. The maximum atomic E-state index is 11.9. The molecule has 1 aliphatic carbocycles. The number of aromatic nitrogens is 4. The van der Waals surface area contributed by atoms with Crippen LogP contribution >= 0.6 is 23.5 Å². The average molecular weight is 400 g/mol. The molecule has 0 radical (unpaired) electrons. The summed E-state index contributed by atoms with van der Waals surface area (Å²) in [6.45, 7) is 0. The van der Waals surface area contributed by atoms with Crippen LogP contribution in [0.3, 0.4) is 0 Å². The summed E-state index contributed by atoms with van der Waals surface area (Å²) in [5.74, 6) is 1.03. The molecule has 1 fully saturated rings. The van der Waals surface area contributed by atoms with Crippen molar-refractivity contribution in [2.24, 2.45) is 11.7 Å². The fraction of sp³-hybridized carbons (Fsp3) is 0.294. The highest BCUT2D eigenvalue weighted by Gasteiger charge is 2.43. The van der Waals surface area contributed by atoms with Crippen molar-refractivity contribution >= 4 is 40.9 Å². The van der Waals surface area contributed by atoms with Crippen LogP contribution in [0.5, 0.6) is 5.88 Å². The Balaban J connectivity index is 1.46. The summed E-state index contributed by atoms with van der Waals surface area (Å²) in [5.41, 5.74) is 7.18. The molecule has 0 spiro atoms. The van der Waals surface area contributed by atoms with Crippen molar-refractivity contribution in [3.05, 3.63) is 30.3 Å². The molecular weight excluding hydrogens is 384 g/mol. The molecule has 1 unspecified atom stereocenters. The van der Waals surface area contributed by atoms with Gasteiger partial charge in [-0.1, -0.05) is 11.8 Å². The largest absolute Gasteiger partial charge is 0.480 e. The van der Waals surface area contributed by atoms with E-state index in [0.717, 1.165) is 28.3 Å². The number of hydrogen-bond donors (Lipinski definition) is 1. The number of nitrogens with two attached hydrogens (primary N) is 1. The van der Waals surface area contributed by atoms with E-state index in [9.17, 15) is 4.79 Å². The molecule has 138 valence electrons. The number of carbonyl (C=O) groups excluding carboxylic acids is 1. The van der Waals surface area contributed by atoms with Crippen LogP contribution < -0.4 is 15.4 Å². The Labute approximate surface area is 163 Å². The molecule has 5 rings (SSSR count). The zero-order valence-electron chi connectivity index (χ0n) is 14.4. The van der Waals surface area contributed by atoms with Crippen molar-refractivity contribution in [2.75, 3.05) is 12.0 Å². The van der Waals surface area contributed by atoms with Gasteiger partial charge in [-0.3, -0.25) is 4.90 Å². The number of anilines is 1. The minimum atomic E-state index is -0.390. The molecule has 3 aromatic rings. The number of thioether (sulfide) groups is 1. The molecule has 1 aliphatic heterocycles. The molecule has 1 atom stereocenters. The first kappa shape index (κ1) is 16.7. The lowest BCUT2D eigenvalue weighted by Crippen LogP contribution is -2.40. The summed E-state index contributed by atoms with van der Waals surface area (Å²) >= 11 is 3.18. The second-order valence-electron chi connectivity index (χ2n) is 6.41. The van der Waals surface area contributed by atoms with Crippen molar-refractivity contribution in [2.45, 2.75) is 33.2 Å². The molecule has 2 N–H and O–H groups in total. The van der Waals surface area contributed by atoms with Crippen molar-refractivity contribution in [1.82, 2.24) is 19.8 Å². The van der Waals surface area contributed by atoms with E-state index >= 15 is 0 Å². The normalized spacial score (nSPS) is 18.7. The third-order valence-electron chi connectivity index (χ3n) is 4.58. The first-order valence-electron chi connectivity index (χ1n) is 8.48. The van der Waals surface area contributed by atoms with Gasteiger partial charge in [-0.25, -0.2) is 4.79 Å². The Morgan fingerprint density at radius 1 is 1.30 bits per heavy atom. The van der Waals surface area contributed by atoms with E-state index in [1.807, 2.05) is 18.2 Å². The van der Waals surface area contributed by atoms with Gasteiger partial charge < -0.3 is 10.5 Å². The van der Waals surface area contributed by atoms with Crippen LogP contribution in [0.25, 0.3) is 5.65 Å². The summed E-state index contributed by atoms with van der Waals surface area (Å²) in [5, 5.41) is 13.5. The molecule has 2 amide bonds. The molecule has 2 aliphatic rings. The number of methoxy groups -OCH3 is 1. The van der Waals surface area contributed by atoms with Gasteiger partial charge in [0.25, 0.3) is 0 Å². The van der Waals surface area contributed by atoms with Gasteiger partial charge in [0, 0.05) is 15.9 Å². The standard InChI is InChI=1S/C17H16N6O2S2/c1-25-14-7-6-13-19-20-17(23(13)21-14)26-10-4-5-11-12(8-10)27-15(9-2-3-9)22(11)16(18)24/h4-9,15H,2-3H2,1H3,(H2,18,24). The first-order chi connectivity index (χ1) is 13.1. The SMILES string of the molecule is COc1ccc2nnc(Sc3ccc4c(c3)SC(C3CC3)N4C(N)=O)n2n1. The van der Waals surface area contributed by atoms with Crippen LogP contribution in [-0.4, -0.2) is 38.3 Å². The Kier molecular flexibility index (Phi) is 3.90. The predicted octanol–water partition coefficient (Wildman–Crippen LogP) is 3.01. The number of urea groups is 1. The van der Waals surface area contributed by atoms with E-state index in [0.29, 0.717) is 22.6 Å². The molecule has 1 aromatic carbocycles. The number of hydrogen-bond acceptors (Lipinski definition) is 7. The van der Waals surface area contributed by atoms with E-state index in [1.54, 1.807) is 34.4 Å². The van der Waals surface area contributed by atoms with Crippen LogP contribution in [0, 0.1) is 5.92 Å². The average Bonchev–Trinajstić information content (AvgIpc) is 3.34. The molecule has 10 heteroatoms. The first-order valence-corrected chi connectivity index (χ1v) is 10.2. The smallest absolute Gasteiger partial charge is 0.320 e. The molecular formula is C17H16N6O2S2. The summed E-state index contributed by atoms with van der Waals surface area (Å²) in [6.07, 6.45) is 2.30. The second-order valence-corrected chi connectivity index (χ2v) is 8.61. The highest BCUT2D eigenvalue weighted by atomic mass is 32.2. The maximum Gasteiger partial charge on any atom is 0.320 e. The Hall–Kier alpha value is -2.46. The maximum absolute atomic E-state index is 11.9. The van der Waals surface area contributed by atoms with Gasteiger partial charge in [-0.15, -0.1) is 15.3 Å². The van der Waals surface area contributed by atoms with Crippen molar-refractivity contribution in [3.63, 3.8) is 0 Å². The number of ether oxygens (including phenoxy) is 1. The monoisotopic (exact) mass is 400 g/mol. The number of rotatable bonds is 4. The number of benzene rings is 1. The van der Waals surface area contributed by atoms with Gasteiger partial charge in [0.1, 0.15) is 0 Å². The number of primary amides is 1. The highest BCUT2D eigenvalue weighted by Crippen LogP contribution is 2.52. The molecule has 0 bridgehead atoms. The van der Waals surface area contributed by atoms with E-state index in [1.165, 1.54) is 11.8 Å². The van der Waals surface area contributed by atoms with Gasteiger partial charge in [0.05, 0.1) is 18.2 Å². The lowest BCUT2D eigenvalue weighted by atomic mass is 10.2. The Morgan fingerprint density at radius 3 is 2.89 bits per heavy atom. The number of fused-ring (bicyclic) bond motifs is 2. The Bertz CT molecular complexity index is 1050. The van der Waals surface area contributed by atoms with Crippen LogP contribution in [-0.2, 0) is 0 Å². The third-order valence-corrected chi connectivity index (χ3v) is 6.93.